The maximum absolute atomic E-state index is 9.27. The molecule has 3 heteroatoms. The van der Waals surface area contributed by atoms with Crippen LogP contribution in [0.3, 0.4) is 0 Å². The molecular formula is C16H23N3. The highest BCUT2D eigenvalue weighted by Crippen LogP contribution is 2.37. The number of nitrogens with zero attached hydrogens (tertiary/aromatic N) is 1. The van der Waals surface area contributed by atoms with Gasteiger partial charge in [-0.3, -0.25) is 0 Å². The normalized spacial score (nSPS) is 26.7. The van der Waals surface area contributed by atoms with E-state index in [0.717, 1.165) is 17.7 Å². The zero-order chi connectivity index (χ0) is 13.9. The van der Waals surface area contributed by atoms with Crippen LogP contribution in [-0.2, 0) is 0 Å². The fourth-order valence-corrected chi connectivity index (χ4v) is 3.13. The number of rotatable bonds is 3. The van der Waals surface area contributed by atoms with Gasteiger partial charge >= 0.3 is 0 Å². The van der Waals surface area contributed by atoms with Gasteiger partial charge in [-0.2, -0.15) is 5.26 Å². The Labute approximate surface area is 115 Å². The van der Waals surface area contributed by atoms with E-state index in [4.69, 9.17) is 5.73 Å². The van der Waals surface area contributed by atoms with Crippen LogP contribution in [0, 0.1) is 24.2 Å². The molecule has 3 N–H and O–H groups in total. The molecule has 1 aromatic rings. The van der Waals surface area contributed by atoms with E-state index >= 15 is 0 Å². The quantitative estimate of drug-likeness (QED) is 0.874. The van der Waals surface area contributed by atoms with Gasteiger partial charge in [0, 0.05) is 6.54 Å². The van der Waals surface area contributed by atoms with Crippen molar-refractivity contribution in [2.75, 3.05) is 11.9 Å². The van der Waals surface area contributed by atoms with Gasteiger partial charge in [0.1, 0.15) is 6.07 Å². The Hall–Kier alpha value is -1.53. The number of benzene rings is 1. The minimum atomic E-state index is -0.0596. The Bertz CT molecular complexity index is 489. The predicted molar refractivity (Wildman–Crippen MR) is 78.9 cm³/mol. The summed E-state index contributed by atoms with van der Waals surface area (Å²) in [5.74, 6) is 0.539. The Morgan fingerprint density at radius 2 is 2.26 bits per heavy atom. The second-order valence-electron chi connectivity index (χ2n) is 5.74. The fourth-order valence-electron chi connectivity index (χ4n) is 3.13. The molecule has 1 saturated carbocycles. The van der Waals surface area contributed by atoms with Crippen molar-refractivity contribution in [2.24, 2.45) is 11.7 Å². The molecule has 0 saturated heterocycles. The number of anilines is 1. The van der Waals surface area contributed by atoms with Gasteiger partial charge in [0.15, 0.2) is 0 Å². The average molecular weight is 257 g/mol. The molecule has 0 aliphatic heterocycles. The van der Waals surface area contributed by atoms with Crippen LogP contribution in [0.1, 0.15) is 43.7 Å². The summed E-state index contributed by atoms with van der Waals surface area (Å²) < 4.78 is 0. The summed E-state index contributed by atoms with van der Waals surface area (Å²) in [6.45, 7) is 4.93. The van der Waals surface area contributed by atoms with Crippen molar-refractivity contribution < 1.29 is 0 Å². The van der Waals surface area contributed by atoms with Crippen LogP contribution in [0.15, 0.2) is 18.2 Å². The zero-order valence-corrected chi connectivity index (χ0v) is 11.9. The number of nitrogens with one attached hydrogen (secondary N) is 1. The van der Waals surface area contributed by atoms with E-state index in [2.05, 4.69) is 18.3 Å². The Morgan fingerprint density at radius 1 is 1.47 bits per heavy atom. The Kier molecular flexibility index (Phi) is 4.11. The number of hydrogen-bond donors (Lipinski definition) is 2. The molecule has 19 heavy (non-hydrogen) atoms. The monoisotopic (exact) mass is 257 g/mol. The third-order valence-electron chi connectivity index (χ3n) is 4.58. The third kappa shape index (κ3) is 2.59. The maximum Gasteiger partial charge on any atom is 0.101 e. The van der Waals surface area contributed by atoms with Gasteiger partial charge in [-0.25, -0.2) is 0 Å². The average Bonchev–Trinajstić information content (AvgIpc) is 2.43. The lowest BCUT2D eigenvalue weighted by molar-refractivity contribution is 0.235. The topological polar surface area (TPSA) is 61.8 Å². The predicted octanol–water partition coefficient (Wildman–Crippen LogP) is 3.19. The van der Waals surface area contributed by atoms with Crippen LogP contribution in [0.4, 0.5) is 5.69 Å². The first-order valence-corrected chi connectivity index (χ1v) is 7.11. The van der Waals surface area contributed by atoms with Crippen molar-refractivity contribution in [3.05, 3.63) is 29.3 Å². The molecule has 1 aliphatic carbocycles. The van der Waals surface area contributed by atoms with Gasteiger partial charge < -0.3 is 11.1 Å². The van der Waals surface area contributed by atoms with Crippen LogP contribution >= 0.6 is 0 Å². The van der Waals surface area contributed by atoms with E-state index in [1.807, 2.05) is 25.1 Å². The highest BCUT2D eigenvalue weighted by Gasteiger charge is 2.37. The number of aryl methyl sites for hydroxylation is 1. The van der Waals surface area contributed by atoms with E-state index in [9.17, 15) is 5.26 Å². The molecule has 2 unspecified atom stereocenters. The fraction of sp³-hybridized carbons (Fsp3) is 0.562. The molecule has 3 nitrogen and oxygen atoms in total. The second kappa shape index (κ2) is 5.63. The molecule has 102 valence electrons. The summed E-state index contributed by atoms with van der Waals surface area (Å²) >= 11 is 0. The molecule has 0 bridgehead atoms. The van der Waals surface area contributed by atoms with Gasteiger partial charge in [0.05, 0.1) is 16.8 Å². The zero-order valence-electron chi connectivity index (χ0n) is 11.9. The summed E-state index contributed by atoms with van der Waals surface area (Å²) in [7, 11) is 0. The molecule has 0 aromatic heterocycles. The van der Waals surface area contributed by atoms with Crippen LogP contribution in [0.25, 0.3) is 0 Å². The third-order valence-corrected chi connectivity index (χ3v) is 4.58. The van der Waals surface area contributed by atoms with Crippen molar-refractivity contribution in [3.8, 4) is 6.07 Å². The number of para-hydroxylation sites is 1. The molecule has 0 radical (unpaired) electrons. The van der Waals surface area contributed by atoms with E-state index in [1.165, 1.54) is 19.3 Å². The first-order chi connectivity index (χ1) is 9.13. The lowest BCUT2D eigenvalue weighted by atomic mass is 9.73. The molecule has 1 fully saturated rings. The second-order valence-corrected chi connectivity index (χ2v) is 5.74. The lowest BCUT2D eigenvalue weighted by Crippen LogP contribution is -2.52. The smallest absolute Gasteiger partial charge is 0.101 e. The van der Waals surface area contributed by atoms with Gasteiger partial charge in [0.2, 0.25) is 0 Å². The standard InChI is InChI=1S/C16H23N3/c1-12-6-5-8-14(10-17)15(12)19-16(11-18)9-4-3-7-13(16)2/h5-6,8,13,19H,3-4,7,9,11,18H2,1-2H3. The number of hydrogen-bond acceptors (Lipinski definition) is 3. The van der Waals surface area contributed by atoms with Gasteiger partial charge in [-0.1, -0.05) is 31.9 Å². The summed E-state index contributed by atoms with van der Waals surface area (Å²) in [5.41, 5.74) is 8.80. The maximum atomic E-state index is 9.27. The van der Waals surface area contributed by atoms with Crippen molar-refractivity contribution in [3.63, 3.8) is 0 Å². The molecular weight excluding hydrogens is 234 g/mol. The van der Waals surface area contributed by atoms with Crippen LogP contribution in [0.2, 0.25) is 0 Å². The minimum Gasteiger partial charge on any atom is -0.377 e. The molecule has 0 heterocycles. The largest absolute Gasteiger partial charge is 0.377 e. The van der Waals surface area contributed by atoms with E-state index in [-0.39, 0.29) is 5.54 Å². The molecule has 0 spiro atoms. The van der Waals surface area contributed by atoms with Crippen LogP contribution in [-0.4, -0.2) is 12.1 Å². The van der Waals surface area contributed by atoms with E-state index in [0.29, 0.717) is 18.0 Å². The SMILES string of the molecule is Cc1cccc(C#N)c1NC1(CN)CCCCC1C. The lowest BCUT2D eigenvalue weighted by Gasteiger charge is -2.44. The summed E-state index contributed by atoms with van der Waals surface area (Å²) in [6, 6.07) is 8.12. The summed E-state index contributed by atoms with van der Waals surface area (Å²) in [4.78, 5) is 0. The van der Waals surface area contributed by atoms with Crippen LogP contribution in [0.5, 0.6) is 0 Å². The molecule has 1 aliphatic rings. The highest BCUT2D eigenvalue weighted by molar-refractivity contribution is 5.63. The molecule has 1 aromatic carbocycles. The molecule has 2 atom stereocenters. The van der Waals surface area contributed by atoms with E-state index in [1.54, 1.807) is 0 Å². The van der Waals surface area contributed by atoms with Crippen LogP contribution < -0.4 is 11.1 Å². The van der Waals surface area contributed by atoms with E-state index < -0.39 is 0 Å². The molecule has 0 amide bonds. The summed E-state index contributed by atoms with van der Waals surface area (Å²) in [6.07, 6.45) is 4.79. The van der Waals surface area contributed by atoms with Gasteiger partial charge in [0.25, 0.3) is 0 Å². The number of nitrogens with two attached hydrogens (primary N) is 1. The van der Waals surface area contributed by atoms with Gasteiger partial charge in [-0.05, 0) is 37.3 Å². The van der Waals surface area contributed by atoms with Crippen molar-refractivity contribution in [2.45, 2.75) is 45.1 Å². The van der Waals surface area contributed by atoms with Crippen molar-refractivity contribution >= 4 is 5.69 Å². The highest BCUT2D eigenvalue weighted by atomic mass is 15.0. The minimum absolute atomic E-state index is 0.0596. The Morgan fingerprint density at radius 3 is 2.89 bits per heavy atom. The summed E-state index contributed by atoms with van der Waals surface area (Å²) in [5, 5.41) is 12.9. The molecule has 2 rings (SSSR count). The van der Waals surface area contributed by atoms with Crippen molar-refractivity contribution in [1.82, 2.24) is 0 Å². The first-order valence-electron chi connectivity index (χ1n) is 7.11. The first kappa shape index (κ1) is 13.9. The van der Waals surface area contributed by atoms with Crippen molar-refractivity contribution in [1.29, 1.82) is 5.26 Å². The van der Waals surface area contributed by atoms with Gasteiger partial charge in [-0.15, -0.1) is 0 Å². The Balaban J connectivity index is 2.36. The number of nitriles is 1.